The lowest BCUT2D eigenvalue weighted by Gasteiger charge is -2.09. The summed E-state index contributed by atoms with van der Waals surface area (Å²) in [6.07, 6.45) is 1.78. The minimum Gasteiger partial charge on any atom is -0.364 e. The fourth-order valence-corrected chi connectivity index (χ4v) is 3.38. The van der Waals surface area contributed by atoms with E-state index in [-0.39, 0.29) is 0 Å². The van der Waals surface area contributed by atoms with Crippen molar-refractivity contribution in [3.63, 3.8) is 0 Å². The molecule has 2 heterocycles. The van der Waals surface area contributed by atoms with Gasteiger partial charge in [-0.25, -0.2) is 4.98 Å². The molecule has 0 aliphatic carbocycles. The van der Waals surface area contributed by atoms with E-state index in [4.69, 9.17) is 16.9 Å². The Balaban J connectivity index is 1.49. The number of halogens is 1. The molecule has 29 heavy (non-hydrogen) atoms. The summed E-state index contributed by atoms with van der Waals surface area (Å²) in [6, 6.07) is 21.4. The number of hydrogen-bond donors (Lipinski definition) is 2. The molecular weight excluding hydrogens is 382 g/mol. The number of nitrogens with one attached hydrogen (secondary N) is 2. The molecule has 0 atom stereocenters. The number of nitrogens with zero attached hydrogens (tertiary/aromatic N) is 3. The van der Waals surface area contributed by atoms with Crippen molar-refractivity contribution in [2.75, 3.05) is 5.32 Å². The number of H-pyrrole nitrogens is 1. The van der Waals surface area contributed by atoms with E-state index in [0.717, 1.165) is 39.5 Å². The Morgan fingerprint density at radius 3 is 2.76 bits per heavy atom. The van der Waals surface area contributed by atoms with Crippen molar-refractivity contribution in [1.29, 1.82) is 5.26 Å². The van der Waals surface area contributed by atoms with Gasteiger partial charge in [-0.1, -0.05) is 29.8 Å². The minimum atomic E-state index is 0.566. The molecule has 4 aromatic rings. The molecule has 4 rings (SSSR count). The minimum absolute atomic E-state index is 0.566. The van der Waals surface area contributed by atoms with Crippen LogP contribution < -0.4 is 5.32 Å². The summed E-state index contributed by atoms with van der Waals surface area (Å²) in [7, 11) is 0. The van der Waals surface area contributed by atoms with Crippen LogP contribution in [0.1, 0.15) is 16.8 Å². The van der Waals surface area contributed by atoms with E-state index in [1.807, 2.05) is 67.6 Å². The van der Waals surface area contributed by atoms with Crippen LogP contribution >= 0.6 is 11.6 Å². The Bertz CT molecular complexity index is 1210. The maximum atomic E-state index is 9.05. The number of rotatable bonds is 5. The van der Waals surface area contributed by atoms with E-state index >= 15 is 0 Å². The third kappa shape index (κ3) is 4.29. The molecule has 0 bridgehead atoms. The van der Waals surface area contributed by atoms with Crippen molar-refractivity contribution < 1.29 is 0 Å². The molecule has 0 aliphatic heterocycles. The number of nitriles is 1. The Hall–Kier alpha value is -3.62. The van der Waals surface area contributed by atoms with Gasteiger partial charge in [-0.2, -0.15) is 10.4 Å². The number of pyridine rings is 1. The molecule has 5 nitrogen and oxygen atoms in total. The first kappa shape index (κ1) is 18.7. The molecule has 142 valence electrons. The van der Waals surface area contributed by atoms with Gasteiger partial charge in [0.2, 0.25) is 0 Å². The first-order valence-corrected chi connectivity index (χ1v) is 9.51. The summed E-state index contributed by atoms with van der Waals surface area (Å²) < 4.78 is 0. The van der Waals surface area contributed by atoms with E-state index in [0.29, 0.717) is 17.1 Å². The summed E-state index contributed by atoms with van der Waals surface area (Å²) in [5.74, 6) is 0.769. The van der Waals surface area contributed by atoms with Crippen molar-refractivity contribution in [3.05, 3.63) is 88.7 Å². The van der Waals surface area contributed by atoms with Gasteiger partial charge in [0.05, 0.1) is 29.6 Å². The van der Waals surface area contributed by atoms with Gasteiger partial charge in [0.15, 0.2) is 0 Å². The van der Waals surface area contributed by atoms with E-state index in [9.17, 15) is 0 Å². The van der Waals surface area contributed by atoms with Crippen molar-refractivity contribution in [3.8, 4) is 28.5 Å². The number of anilines is 1. The lowest BCUT2D eigenvalue weighted by Crippen LogP contribution is -2.01. The fourth-order valence-electron chi connectivity index (χ4n) is 3.19. The maximum absolute atomic E-state index is 9.05. The third-order valence-electron chi connectivity index (χ3n) is 4.64. The second kappa shape index (κ2) is 8.17. The molecule has 0 radical (unpaired) electrons. The zero-order chi connectivity index (χ0) is 20.2. The van der Waals surface area contributed by atoms with Crippen LogP contribution in [0.5, 0.6) is 0 Å². The quantitative estimate of drug-likeness (QED) is 0.459. The molecule has 2 aromatic carbocycles. The average molecular weight is 400 g/mol. The van der Waals surface area contributed by atoms with Gasteiger partial charge in [-0.15, -0.1) is 0 Å². The molecule has 0 saturated heterocycles. The van der Waals surface area contributed by atoms with Crippen LogP contribution in [0, 0.1) is 18.3 Å². The van der Waals surface area contributed by atoms with Crippen molar-refractivity contribution >= 4 is 17.4 Å². The Kier molecular flexibility index (Phi) is 5.28. The second-order valence-electron chi connectivity index (χ2n) is 6.71. The molecule has 0 aliphatic rings. The predicted molar refractivity (Wildman–Crippen MR) is 115 cm³/mol. The topological polar surface area (TPSA) is 77.4 Å². The predicted octanol–water partition coefficient (Wildman–Crippen LogP) is 5.58. The number of aryl methyl sites for hydroxylation is 1. The van der Waals surface area contributed by atoms with Crippen molar-refractivity contribution in [2.45, 2.75) is 13.5 Å². The number of aromatic amines is 1. The van der Waals surface area contributed by atoms with Crippen LogP contribution in [0.3, 0.4) is 0 Å². The number of aromatic nitrogens is 3. The molecule has 0 saturated carbocycles. The molecule has 0 amide bonds. The highest BCUT2D eigenvalue weighted by Crippen LogP contribution is 2.26. The van der Waals surface area contributed by atoms with Gasteiger partial charge >= 0.3 is 0 Å². The Morgan fingerprint density at radius 2 is 1.97 bits per heavy atom. The first-order chi connectivity index (χ1) is 14.1. The standard InChI is InChI=1S/C23H18ClN5/c1-15-9-16(13-25)5-6-21(15)17-7-8-26-23(11-17)27-14-20-12-22(29-28-20)18-3-2-4-19(24)10-18/h2-12H,14H2,1H3,(H,26,27)(H,28,29). The monoisotopic (exact) mass is 399 g/mol. The van der Waals surface area contributed by atoms with Gasteiger partial charge in [-0.05, 0) is 66.1 Å². The van der Waals surface area contributed by atoms with Gasteiger partial charge in [0.1, 0.15) is 5.82 Å². The van der Waals surface area contributed by atoms with Crippen LogP contribution in [-0.4, -0.2) is 15.2 Å². The summed E-state index contributed by atoms with van der Waals surface area (Å²) in [5, 5.41) is 20.5. The summed E-state index contributed by atoms with van der Waals surface area (Å²) >= 11 is 6.06. The van der Waals surface area contributed by atoms with E-state index in [1.54, 1.807) is 6.20 Å². The highest BCUT2D eigenvalue weighted by molar-refractivity contribution is 6.30. The fraction of sp³-hybridized carbons (Fsp3) is 0.0870. The Morgan fingerprint density at radius 1 is 1.07 bits per heavy atom. The molecule has 6 heteroatoms. The lowest BCUT2D eigenvalue weighted by molar-refractivity contribution is 0.976. The molecule has 2 aromatic heterocycles. The third-order valence-corrected chi connectivity index (χ3v) is 4.87. The van der Waals surface area contributed by atoms with Crippen LogP contribution in [0.25, 0.3) is 22.4 Å². The zero-order valence-electron chi connectivity index (χ0n) is 15.8. The smallest absolute Gasteiger partial charge is 0.126 e. The SMILES string of the molecule is Cc1cc(C#N)ccc1-c1ccnc(NCc2cc(-c3cccc(Cl)c3)n[nH]2)c1. The van der Waals surface area contributed by atoms with Crippen LogP contribution in [0.2, 0.25) is 5.02 Å². The summed E-state index contributed by atoms with van der Waals surface area (Å²) in [6.45, 7) is 2.57. The number of hydrogen-bond acceptors (Lipinski definition) is 4. The number of benzene rings is 2. The largest absolute Gasteiger partial charge is 0.364 e. The van der Waals surface area contributed by atoms with Gasteiger partial charge in [0.25, 0.3) is 0 Å². The van der Waals surface area contributed by atoms with Crippen LogP contribution in [0.15, 0.2) is 66.9 Å². The van der Waals surface area contributed by atoms with Gasteiger partial charge in [0, 0.05) is 16.8 Å². The second-order valence-corrected chi connectivity index (χ2v) is 7.15. The average Bonchev–Trinajstić information content (AvgIpc) is 3.21. The van der Waals surface area contributed by atoms with Crippen LogP contribution in [-0.2, 0) is 6.54 Å². The molecule has 0 fully saturated rings. The highest BCUT2D eigenvalue weighted by atomic mass is 35.5. The molecule has 0 spiro atoms. The van der Waals surface area contributed by atoms with Gasteiger partial charge < -0.3 is 5.32 Å². The van der Waals surface area contributed by atoms with E-state index in [2.05, 4.69) is 26.6 Å². The zero-order valence-corrected chi connectivity index (χ0v) is 16.5. The maximum Gasteiger partial charge on any atom is 0.126 e. The first-order valence-electron chi connectivity index (χ1n) is 9.13. The Labute approximate surface area is 174 Å². The van der Waals surface area contributed by atoms with Crippen molar-refractivity contribution in [1.82, 2.24) is 15.2 Å². The van der Waals surface area contributed by atoms with Gasteiger partial charge in [-0.3, -0.25) is 5.10 Å². The molecule has 2 N–H and O–H groups in total. The highest BCUT2D eigenvalue weighted by Gasteiger charge is 2.07. The van der Waals surface area contributed by atoms with E-state index < -0.39 is 0 Å². The normalized spacial score (nSPS) is 10.5. The van der Waals surface area contributed by atoms with Crippen molar-refractivity contribution in [2.24, 2.45) is 0 Å². The van der Waals surface area contributed by atoms with E-state index in [1.165, 1.54) is 0 Å². The summed E-state index contributed by atoms with van der Waals surface area (Å²) in [4.78, 5) is 4.40. The molecule has 0 unspecified atom stereocenters. The molecular formula is C23H18ClN5. The summed E-state index contributed by atoms with van der Waals surface area (Å²) in [5.41, 5.74) is 6.61. The lowest BCUT2D eigenvalue weighted by atomic mass is 9.99. The van der Waals surface area contributed by atoms with Crippen LogP contribution in [0.4, 0.5) is 5.82 Å².